The van der Waals surface area contributed by atoms with E-state index in [0.717, 1.165) is 35.7 Å². The largest absolute Gasteiger partial charge is 0.454 e. The number of hydrogen-bond acceptors (Lipinski definition) is 10. The van der Waals surface area contributed by atoms with E-state index in [9.17, 15) is 18.3 Å². The van der Waals surface area contributed by atoms with E-state index in [1.807, 2.05) is 30.3 Å². The van der Waals surface area contributed by atoms with Crippen molar-refractivity contribution in [3.05, 3.63) is 54.1 Å². The number of nitrogens with one attached hydrogen (secondary N) is 1. The zero-order chi connectivity index (χ0) is 29.8. The van der Waals surface area contributed by atoms with Crippen molar-refractivity contribution in [3.8, 4) is 11.5 Å². The predicted molar refractivity (Wildman–Crippen MR) is 152 cm³/mol. The maximum absolute atomic E-state index is 13.9. The molecule has 0 spiro atoms. The molecule has 5 atom stereocenters. The van der Waals surface area contributed by atoms with Gasteiger partial charge in [-0.05, 0) is 43.4 Å². The molecule has 6 rings (SSSR count). The fourth-order valence-corrected chi connectivity index (χ4v) is 7.31. The maximum atomic E-state index is 13.9. The van der Waals surface area contributed by atoms with Crippen molar-refractivity contribution >= 4 is 16.1 Å². The molecule has 4 aliphatic rings. The fourth-order valence-electron chi connectivity index (χ4n) is 5.99. The van der Waals surface area contributed by atoms with Crippen LogP contribution in [0, 0.1) is 5.92 Å². The highest BCUT2D eigenvalue weighted by Crippen LogP contribution is 2.36. The van der Waals surface area contributed by atoms with Crippen LogP contribution in [0.15, 0.2) is 53.4 Å². The molecule has 3 heterocycles. The van der Waals surface area contributed by atoms with Crippen molar-refractivity contribution in [3.63, 3.8) is 0 Å². The summed E-state index contributed by atoms with van der Waals surface area (Å²) in [6.45, 7) is 0.354. The molecule has 234 valence electrons. The average molecular weight is 619 g/mol. The standard InChI is InChI=1S/C30H38N2O10S/c33-25(24(15-20-7-3-1-4-8-20)31-30(34)41-28-18-38-29-23(28)13-14-37-29)17-32(42-21-9-5-2-6-10-21)43(35,36)22-11-12-26-27(16-22)40-19-39-26/h1,3-4,7-8,11-12,16,21,23-25,28-29,33H,2,5-6,9-10,13-15,17-19H2,(H,31,34)/t23?,24-,25+,28?,29?/m0/s1. The van der Waals surface area contributed by atoms with E-state index in [1.54, 1.807) is 0 Å². The van der Waals surface area contributed by atoms with Crippen molar-refractivity contribution in [2.45, 2.75) is 80.5 Å². The lowest BCUT2D eigenvalue weighted by Gasteiger charge is -2.32. The molecule has 43 heavy (non-hydrogen) atoms. The Morgan fingerprint density at radius 2 is 1.81 bits per heavy atom. The van der Waals surface area contributed by atoms with Crippen LogP contribution in [0.3, 0.4) is 0 Å². The minimum atomic E-state index is -4.24. The third-order valence-electron chi connectivity index (χ3n) is 8.37. The summed E-state index contributed by atoms with van der Waals surface area (Å²) < 4.78 is 56.3. The van der Waals surface area contributed by atoms with Gasteiger partial charge in [0.1, 0.15) is 6.10 Å². The lowest BCUT2D eigenvalue weighted by atomic mass is 9.98. The fraction of sp³-hybridized carbons (Fsp3) is 0.567. The first-order valence-corrected chi connectivity index (χ1v) is 16.3. The number of carbonyl (C=O) groups is 1. The molecule has 3 fully saturated rings. The second-order valence-electron chi connectivity index (χ2n) is 11.3. The number of hydrogen-bond donors (Lipinski definition) is 2. The molecule has 0 bridgehead atoms. The Hall–Kier alpha value is -2.94. The predicted octanol–water partition coefficient (Wildman–Crippen LogP) is 3.13. The van der Waals surface area contributed by atoms with E-state index >= 15 is 0 Å². The van der Waals surface area contributed by atoms with Crippen LogP contribution in [0.2, 0.25) is 0 Å². The molecule has 0 aromatic heterocycles. The number of sulfonamides is 1. The van der Waals surface area contributed by atoms with Crippen LogP contribution in [0.4, 0.5) is 4.79 Å². The third kappa shape index (κ3) is 7.08. The van der Waals surface area contributed by atoms with E-state index in [1.165, 1.54) is 18.2 Å². The van der Waals surface area contributed by atoms with E-state index in [2.05, 4.69) is 5.32 Å². The second-order valence-corrected chi connectivity index (χ2v) is 13.2. The minimum Gasteiger partial charge on any atom is -0.454 e. The van der Waals surface area contributed by atoms with Crippen molar-refractivity contribution in [2.24, 2.45) is 5.92 Å². The number of carbonyl (C=O) groups excluding carboxylic acids is 1. The highest BCUT2D eigenvalue weighted by atomic mass is 32.2. The van der Waals surface area contributed by atoms with Crippen LogP contribution in [-0.2, 0) is 35.5 Å². The molecular formula is C30H38N2O10S. The van der Waals surface area contributed by atoms with Gasteiger partial charge in [-0.2, -0.15) is 0 Å². The van der Waals surface area contributed by atoms with Crippen LogP contribution < -0.4 is 14.8 Å². The zero-order valence-corrected chi connectivity index (χ0v) is 24.7. The quantitative estimate of drug-likeness (QED) is 0.361. The van der Waals surface area contributed by atoms with Gasteiger partial charge >= 0.3 is 6.09 Å². The molecule has 0 radical (unpaired) electrons. The Morgan fingerprint density at radius 1 is 1.02 bits per heavy atom. The summed E-state index contributed by atoms with van der Waals surface area (Å²) in [6.07, 6.45) is 2.03. The number of aliphatic hydroxyl groups is 1. The summed E-state index contributed by atoms with van der Waals surface area (Å²) in [4.78, 5) is 19.1. The number of alkyl carbamates (subject to hydrolysis) is 1. The van der Waals surface area contributed by atoms with Crippen LogP contribution >= 0.6 is 0 Å². The van der Waals surface area contributed by atoms with E-state index in [4.69, 9.17) is 28.5 Å². The molecule has 1 amide bonds. The molecular weight excluding hydrogens is 580 g/mol. The number of ether oxygens (including phenoxy) is 5. The summed E-state index contributed by atoms with van der Waals surface area (Å²) >= 11 is 0. The summed E-state index contributed by atoms with van der Waals surface area (Å²) in [6, 6.07) is 12.8. The number of hydroxylamine groups is 1. The number of amides is 1. The summed E-state index contributed by atoms with van der Waals surface area (Å²) in [5, 5.41) is 14.3. The van der Waals surface area contributed by atoms with Gasteiger partial charge < -0.3 is 34.1 Å². The molecule has 2 N–H and O–H groups in total. The monoisotopic (exact) mass is 618 g/mol. The van der Waals surface area contributed by atoms with Crippen molar-refractivity contribution in [1.82, 2.24) is 9.79 Å². The number of aliphatic hydroxyl groups excluding tert-OH is 1. The van der Waals surface area contributed by atoms with Gasteiger partial charge in [0, 0.05) is 6.07 Å². The van der Waals surface area contributed by atoms with E-state index in [0.29, 0.717) is 30.9 Å². The average Bonchev–Trinajstić information content (AvgIpc) is 3.76. The third-order valence-corrected chi connectivity index (χ3v) is 10.00. The number of fused-ring (bicyclic) bond motifs is 2. The molecule has 3 unspecified atom stereocenters. The number of nitrogens with zero attached hydrogens (tertiary/aromatic N) is 1. The first kappa shape index (κ1) is 30.1. The number of benzene rings is 2. The molecule has 13 heteroatoms. The summed E-state index contributed by atoms with van der Waals surface area (Å²) in [7, 11) is -4.24. The van der Waals surface area contributed by atoms with Gasteiger partial charge in [-0.1, -0.05) is 54.1 Å². The van der Waals surface area contributed by atoms with Gasteiger partial charge in [0.15, 0.2) is 17.8 Å². The Morgan fingerprint density at radius 3 is 2.63 bits per heavy atom. The molecule has 3 aliphatic heterocycles. The highest BCUT2D eigenvalue weighted by Gasteiger charge is 2.44. The van der Waals surface area contributed by atoms with Crippen molar-refractivity contribution in [2.75, 3.05) is 26.6 Å². The lowest BCUT2D eigenvalue weighted by Crippen LogP contribution is -2.51. The van der Waals surface area contributed by atoms with E-state index in [-0.39, 0.29) is 43.0 Å². The number of rotatable bonds is 11. The van der Waals surface area contributed by atoms with Gasteiger partial charge in [0.05, 0.1) is 48.8 Å². The van der Waals surface area contributed by atoms with Gasteiger partial charge in [0.25, 0.3) is 10.0 Å². The second kappa shape index (κ2) is 13.4. The lowest BCUT2D eigenvalue weighted by molar-refractivity contribution is -0.156. The van der Waals surface area contributed by atoms with Crippen LogP contribution in [-0.4, -0.2) is 81.3 Å². The smallest absolute Gasteiger partial charge is 0.407 e. The van der Waals surface area contributed by atoms with Gasteiger partial charge in [0.2, 0.25) is 6.79 Å². The van der Waals surface area contributed by atoms with Gasteiger partial charge in [-0.3, -0.25) is 4.84 Å². The van der Waals surface area contributed by atoms with Gasteiger partial charge in [-0.15, -0.1) is 0 Å². The Balaban J connectivity index is 1.21. The molecule has 12 nitrogen and oxygen atoms in total. The van der Waals surface area contributed by atoms with E-state index < -0.39 is 40.9 Å². The van der Waals surface area contributed by atoms with Crippen LogP contribution in [0.1, 0.15) is 44.1 Å². The first-order valence-electron chi connectivity index (χ1n) is 14.9. The molecule has 2 saturated heterocycles. The Bertz CT molecular complexity index is 1350. The van der Waals surface area contributed by atoms with Crippen LogP contribution in [0.25, 0.3) is 0 Å². The molecule has 2 aromatic rings. The van der Waals surface area contributed by atoms with Gasteiger partial charge in [-0.25, -0.2) is 13.2 Å². The summed E-state index contributed by atoms with van der Waals surface area (Å²) in [5.41, 5.74) is 0.846. The Labute approximate surface area is 251 Å². The molecule has 1 aliphatic carbocycles. The normalized spacial score (nSPS) is 24.9. The molecule has 2 aromatic carbocycles. The first-order chi connectivity index (χ1) is 20.9. The molecule has 1 saturated carbocycles. The van der Waals surface area contributed by atoms with Crippen molar-refractivity contribution < 1.29 is 46.8 Å². The minimum absolute atomic E-state index is 0.00415. The van der Waals surface area contributed by atoms with Crippen molar-refractivity contribution in [1.29, 1.82) is 0 Å². The summed E-state index contributed by atoms with van der Waals surface area (Å²) in [5.74, 6) is 0.721. The zero-order valence-electron chi connectivity index (χ0n) is 23.8. The Kier molecular flexibility index (Phi) is 9.36. The SMILES string of the molecule is O=C(N[C@@H](Cc1ccccc1)[C@H](O)CN(OC1CCCCC1)S(=O)(=O)c1ccc2c(c1)OCO2)OC1COC2OCCC12. The highest BCUT2D eigenvalue weighted by molar-refractivity contribution is 7.89. The topological polar surface area (TPSA) is 142 Å². The van der Waals surface area contributed by atoms with Crippen LogP contribution in [0.5, 0.6) is 11.5 Å². The maximum Gasteiger partial charge on any atom is 0.407 e.